The van der Waals surface area contributed by atoms with E-state index in [0.29, 0.717) is 0 Å². The standard InChI is InChI=1S/C18H25N5/c1-3-16-17(4-2)20-21-18(19-16)23-12-8-11-22(13-14-23)15-9-6-5-7-10-15/h5-7,9-10H,3-4,8,11-14H2,1-2H3. The number of benzene rings is 1. The molecule has 1 fully saturated rings. The molecule has 0 N–H and O–H groups in total. The zero-order valence-electron chi connectivity index (χ0n) is 14.1. The van der Waals surface area contributed by atoms with E-state index >= 15 is 0 Å². The van der Waals surface area contributed by atoms with Crippen molar-refractivity contribution in [2.24, 2.45) is 0 Å². The van der Waals surface area contributed by atoms with Crippen LogP contribution in [0.2, 0.25) is 0 Å². The number of aryl methyl sites for hydroxylation is 2. The summed E-state index contributed by atoms with van der Waals surface area (Å²) in [6.07, 6.45) is 2.91. The highest BCUT2D eigenvalue weighted by Crippen LogP contribution is 2.18. The van der Waals surface area contributed by atoms with Crippen molar-refractivity contribution in [1.82, 2.24) is 15.2 Å². The van der Waals surface area contributed by atoms with Crippen LogP contribution in [0.4, 0.5) is 11.6 Å². The van der Waals surface area contributed by atoms with Crippen molar-refractivity contribution in [3.63, 3.8) is 0 Å². The Morgan fingerprint density at radius 2 is 1.52 bits per heavy atom. The van der Waals surface area contributed by atoms with Crippen molar-refractivity contribution in [3.8, 4) is 0 Å². The van der Waals surface area contributed by atoms with Crippen LogP contribution >= 0.6 is 0 Å². The zero-order valence-corrected chi connectivity index (χ0v) is 14.1. The molecule has 1 aliphatic heterocycles. The first-order chi connectivity index (χ1) is 11.3. The van der Waals surface area contributed by atoms with E-state index < -0.39 is 0 Å². The Hall–Kier alpha value is -2.17. The number of rotatable bonds is 4. The van der Waals surface area contributed by atoms with Gasteiger partial charge in [-0.2, -0.15) is 5.10 Å². The van der Waals surface area contributed by atoms with Gasteiger partial charge in [0.1, 0.15) is 0 Å². The van der Waals surface area contributed by atoms with Crippen molar-refractivity contribution >= 4 is 11.6 Å². The highest BCUT2D eigenvalue weighted by molar-refractivity contribution is 5.47. The van der Waals surface area contributed by atoms with Gasteiger partial charge in [-0.05, 0) is 31.4 Å². The third kappa shape index (κ3) is 3.60. The van der Waals surface area contributed by atoms with Gasteiger partial charge in [-0.25, -0.2) is 4.98 Å². The van der Waals surface area contributed by atoms with Crippen molar-refractivity contribution in [2.45, 2.75) is 33.1 Å². The summed E-state index contributed by atoms with van der Waals surface area (Å²) in [5.41, 5.74) is 3.41. The van der Waals surface area contributed by atoms with Crippen molar-refractivity contribution in [2.75, 3.05) is 36.0 Å². The second-order valence-corrected chi connectivity index (χ2v) is 5.88. The predicted molar refractivity (Wildman–Crippen MR) is 94.1 cm³/mol. The van der Waals surface area contributed by atoms with Crippen LogP contribution in [-0.4, -0.2) is 41.4 Å². The number of aromatic nitrogens is 3. The molecule has 0 saturated carbocycles. The third-order valence-electron chi connectivity index (χ3n) is 4.40. The Balaban J connectivity index is 1.73. The molecule has 1 aliphatic rings. The fourth-order valence-corrected chi connectivity index (χ4v) is 3.08. The predicted octanol–water partition coefficient (Wildman–Crippen LogP) is 2.71. The van der Waals surface area contributed by atoms with Gasteiger partial charge in [0.05, 0.1) is 11.4 Å². The van der Waals surface area contributed by atoms with Gasteiger partial charge in [0, 0.05) is 31.9 Å². The van der Waals surface area contributed by atoms with E-state index in [1.54, 1.807) is 0 Å². The molecular weight excluding hydrogens is 286 g/mol. The topological polar surface area (TPSA) is 45.2 Å². The number of hydrogen-bond donors (Lipinski definition) is 0. The molecule has 0 aliphatic carbocycles. The molecule has 1 saturated heterocycles. The van der Waals surface area contributed by atoms with E-state index in [-0.39, 0.29) is 0 Å². The maximum atomic E-state index is 4.76. The smallest absolute Gasteiger partial charge is 0.245 e. The number of hydrogen-bond acceptors (Lipinski definition) is 5. The molecule has 1 aromatic heterocycles. The van der Waals surface area contributed by atoms with E-state index in [0.717, 1.165) is 62.8 Å². The summed E-state index contributed by atoms with van der Waals surface area (Å²) in [4.78, 5) is 9.47. The SMILES string of the molecule is CCc1nnc(N2CCCN(c3ccccc3)CC2)nc1CC. The number of nitrogens with zero attached hydrogens (tertiary/aromatic N) is 5. The van der Waals surface area contributed by atoms with Gasteiger partial charge in [0.15, 0.2) is 0 Å². The quantitative estimate of drug-likeness (QED) is 0.869. The van der Waals surface area contributed by atoms with Crippen LogP contribution in [0.25, 0.3) is 0 Å². The molecule has 2 heterocycles. The molecule has 5 nitrogen and oxygen atoms in total. The summed E-state index contributed by atoms with van der Waals surface area (Å²) in [5.74, 6) is 0.786. The van der Waals surface area contributed by atoms with Crippen LogP contribution in [-0.2, 0) is 12.8 Å². The minimum absolute atomic E-state index is 0.786. The molecule has 3 rings (SSSR count). The second kappa shape index (κ2) is 7.40. The fourth-order valence-electron chi connectivity index (χ4n) is 3.08. The van der Waals surface area contributed by atoms with E-state index in [4.69, 9.17) is 4.98 Å². The Kier molecular flexibility index (Phi) is 5.05. The van der Waals surface area contributed by atoms with Gasteiger partial charge in [0.2, 0.25) is 5.95 Å². The van der Waals surface area contributed by atoms with E-state index in [1.807, 2.05) is 0 Å². The van der Waals surface area contributed by atoms with E-state index in [2.05, 4.69) is 64.2 Å². The van der Waals surface area contributed by atoms with Crippen LogP contribution < -0.4 is 9.80 Å². The summed E-state index contributed by atoms with van der Waals surface area (Å²) in [5, 5.41) is 8.75. The lowest BCUT2D eigenvalue weighted by atomic mass is 10.2. The molecule has 0 atom stereocenters. The first-order valence-corrected chi connectivity index (χ1v) is 8.59. The highest BCUT2D eigenvalue weighted by atomic mass is 15.3. The maximum absolute atomic E-state index is 4.76. The summed E-state index contributed by atoms with van der Waals surface area (Å²) >= 11 is 0. The first-order valence-electron chi connectivity index (χ1n) is 8.59. The Bertz CT molecular complexity index is 629. The van der Waals surface area contributed by atoms with Gasteiger partial charge in [0.25, 0.3) is 0 Å². The highest BCUT2D eigenvalue weighted by Gasteiger charge is 2.18. The Morgan fingerprint density at radius 3 is 2.26 bits per heavy atom. The number of para-hydroxylation sites is 1. The molecule has 23 heavy (non-hydrogen) atoms. The van der Waals surface area contributed by atoms with Crippen LogP contribution in [0.3, 0.4) is 0 Å². The maximum Gasteiger partial charge on any atom is 0.245 e. The van der Waals surface area contributed by atoms with Gasteiger partial charge >= 0.3 is 0 Å². The summed E-state index contributed by atoms with van der Waals surface area (Å²) < 4.78 is 0. The monoisotopic (exact) mass is 311 g/mol. The first kappa shape index (κ1) is 15.7. The average molecular weight is 311 g/mol. The molecule has 5 heteroatoms. The minimum atomic E-state index is 0.786. The average Bonchev–Trinajstić information content (AvgIpc) is 2.88. The van der Waals surface area contributed by atoms with E-state index in [1.165, 1.54) is 5.69 Å². The van der Waals surface area contributed by atoms with Gasteiger partial charge in [-0.1, -0.05) is 32.0 Å². The van der Waals surface area contributed by atoms with Crippen LogP contribution in [0.5, 0.6) is 0 Å². The molecule has 0 bridgehead atoms. The fraction of sp³-hybridized carbons (Fsp3) is 0.500. The molecule has 1 aromatic carbocycles. The van der Waals surface area contributed by atoms with Gasteiger partial charge in [-0.3, -0.25) is 0 Å². The molecule has 122 valence electrons. The van der Waals surface area contributed by atoms with E-state index in [9.17, 15) is 0 Å². The molecule has 0 amide bonds. The summed E-state index contributed by atoms with van der Waals surface area (Å²) in [6, 6.07) is 10.6. The van der Waals surface area contributed by atoms with Crippen LogP contribution in [0.15, 0.2) is 30.3 Å². The van der Waals surface area contributed by atoms with Crippen LogP contribution in [0, 0.1) is 0 Å². The van der Waals surface area contributed by atoms with Crippen molar-refractivity contribution in [3.05, 3.63) is 41.7 Å². The second-order valence-electron chi connectivity index (χ2n) is 5.88. The van der Waals surface area contributed by atoms with Gasteiger partial charge < -0.3 is 9.80 Å². The summed E-state index contributed by atoms with van der Waals surface area (Å²) in [7, 11) is 0. The molecule has 0 unspecified atom stereocenters. The largest absolute Gasteiger partial charge is 0.370 e. The summed E-state index contributed by atoms with van der Waals surface area (Å²) in [6.45, 7) is 8.22. The number of anilines is 2. The van der Waals surface area contributed by atoms with Gasteiger partial charge in [-0.15, -0.1) is 5.10 Å². The van der Waals surface area contributed by atoms with Crippen LogP contribution in [0.1, 0.15) is 31.7 Å². The normalized spacial score (nSPS) is 15.6. The molecule has 0 radical (unpaired) electrons. The lowest BCUT2D eigenvalue weighted by Gasteiger charge is -2.23. The zero-order chi connectivity index (χ0) is 16.1. The lowest BCUT2D eigenvalue weighted by Crippen LogP contribution is -2.32. The lowest BCUT2D eigenvalue weighted by molar-refractivity contribution is 0.735. The Morgan fingerprint density at radius 1 is 0.826 bits per heavy atom. The van der Waals surface area contributed by atoms with Crippen molar-refractivity contribution < 1.29 is 0 Å². The molecule has 2 aromatic rings. The minimum Gasteiger partial charge on any atom is -0.370 e. The Labute approximate surface area is 138 Å². The third-order valence-corrected chi connectivity index (χ3v) is 4.40. The molecule has 0 spiro atoms. The van der Waals surface area contributed by atoms with Crippen molar-refractivity contribution in [1.29, 1.82) is 0 Å². The molecular formula is C18H25N5.